The molecule has 1 aromatic rings. The molecule has 2 rings (SSSR count). The van der Waals surface area contributed by atoms with Gasteiger partial charge in [0.05, 0.1) is 5.69 Å². The second-order valence-corrected chi connectivity index (χ2v) is 6.50. The molecule has 0 saturated carbocycles. The van der Waals surface area contributed by atoms with Gasteiger partial charge >= 0.3 is 0 Å². The molecule has 134 valence electrons. The van der Waals surface area contributed by atoms with Gasteiger partial charge in [-0.3, -0.25) is 9.59 Å². The Morgan fingerprint density at radius 3 is 2.83 bits per heavy atom. The Bertz CT molecular complexity index is 582. The maximum absolute atomic E-state index is 12.2. The number of carbonyl (C=O) groups is 2. The van der Waals surface area contributed by atoms with E-state index in [4.69, 9.17) is 4.42 Å². The Morgan fingerprint density at radius 1 is 1.46 bits per heavy atom. The van der Waals surface area contributed by atoms with Crippen LogP contribution in [0, 0.1) is 6.92 Å². The van der Waals surface area contributed by atoms with E-state index in [2.05, 4.69) is 15.2 Å². The van der Waals surface area contributed by atoms with E-state index in [9.17, 15) is 9.59 Å². The Morgan fingerprint density at radius 2 is 2.21 bits per heavy atom. The van der Waals surface area contributed by atoms with E-state index in [1.807, 2.05) is 25.9 Å². The van der Waals surface area contributed by atoms with Crippen LogP contribution in [0.1, 0.15) is 48.3 Å². The quantitative estimate of drug-likeness (QED) is 0.772. The lowest BCUT2D eigenvalue weighted by Gasteiger charge is -2.26. The highest BCUT2D eigenvalue weighted by Gasteiger charge is 2.30. The van der Waals surface area contributed by atoms with Gasteiger partial charge in [-0.1, -0.05) is 6.92 Å². The molecule has 2 amide bonds. The third-order valence-corrected chi connectivity index (χ3v) is 4.35. The maximum atomic E-state index is 12.2. The van der Waals surface area contributed by atoms with Crippen LogP contribution in [0.3, 0.4) is 0 Å². The van der Waals surface area contributed by atoms with Crippen molar-refractivity contribution in [3.8, 4) is 0 Å². The Hall–Kier alpha value is -1.89. The zero-order chi connectivity index (χ0) is 17.7. The molecule has 0 aliphatic carbocycles. The van der Waals surface area contributed by atoms with E-state index in [-0.39, 0.29) is 17.9 Å². The number of oxazole rings is 1. The van der Waals surface area contributed by atoms with Crippen LogP contribution in [0.15, 0.2) is 4.42 Å². The number of likely N-dealkylation sites (N-methyl/N-ethyl adjacent to an activating group) is 1. The highest BCUT2D eigenvalue weighted by atomic mass is 16.4. The molecule has 0 spiro atoms. The van der Waals surface area contributed by atoms with E-state index in [1.54, 1.807) is 6.92 Å². The normalized spacial score (nSPS) is 17.8. The molecule has 1 saturated heterocycles. The molecule has 2 heterocycles. The van der Waals surface area contributed by atoms with E-state index in [0.29, 0.717) is 36.7 Å². The first-order chi connectivity index (χ1) is 11.4. The molecular weight excluding hydrogens is 308 g/mol. The summed E-state index contributed by atoms with van der Waals surface area (Å²) in [6.45, 7) is 5.83. The second-order valence-electron chi connectivity index (χ2n) is 6.50. The molecule has 1 fully saturated rings. The van der Waals surface area contributed by atoms with Crippen molar-refractivity contribution >= 4 is 11.8 Å². The average molecular weight is 336 g/mol. The molecule has 1 N–H and O–H groups in total. The third kappa shape index (κ3) is 4.56. The Balaban J connectivity index is 1.83. The molecular formula is C17H28N4O3. The number of hydrogen-bond donors (Lipinski definition) is 1. The van der Waals surface area contributed by atoms with Gasteiger partial charge in [0.15, 0.2) is 5.89 Å². The van der Waals surface area contributed by atoms with E-state index in [0.717, 1.165) is 25.9 Å². The first-order valence-electron chi connectivity index (χ1n) is 8.61. The van der Waals surface area contributed by atoms with E-state index in [1.165, 1.54) is 0 Å². The largest absolute Gasteiger partial charge is 0.435 e. The van der Waals surface area contributed by atoms with Crippen LogP contribution in [0.2, 0.25) is 0 Å². The number of carbonyl (C=O) groups excluding carboxylic acids is 2. The first-order valence-corrected chi connectivity index (χ1v) is 8.61. The number of hydrogen-bond acceptors (Lipinski definition) is 5. The summed E-state index contributed by atoms with van der Waals surface area (Å²) in [6, 6.07) is 0.208. The fourth-order valence-electron chi connectivity index (χ4n) is 2.96. The molecule has 1 aliphatic rings. The summed E-state index contributed by atoms with van der Waals surface area (Å²) in [5, 5.41) is 2.88. The van der Waals surface area contributed by atoms with Gasteiger partial charge in [0.2, 0.25) is 11.7 Å². The van der Waals surface area contributed by atoms with Crippen LogP contribution in [0.4, 0.5) is 0 Å². The summed E-state index contributed by atoms with van der Waals surface area (Å²) in [5.41, 5.74) is 0.619. The van der Waals surface area contributed by atoms with Crippen LogP contribution in [0.25, 0.3) is 0 Å². The Labute approximate surface area is 143 Å². The van der Waals surface area contributed by atoms with Gasteiger partial charge in [-0.05, 0) is 33.9 Å². The fourth-order valence-corrected chi connectivity index (χ4v) is 2.96. The van der Waals surface area contributed by atoms with Crippen LogP contribution in [0.5, 0.6) is 0 Å². The summed E-state index contributed by atoms with van der Waals surface area (Å²) in [4.78, 5) is 32.4. The molecule has 1 aliphatic heterocycles. The van der Waals surface area contributed by atoms with Gasteiger partial charge in [0.1, 0.15) is 0 Å². The predicted molar refractivity (Wildman–Crippen MR) is 90.9 cm³/mol. The SMILES string of the molecule is CCc1nc(C)c(C(=O)NCC[C@@H]2CCC(=O)N2CCN(C)C)o1. The predicted octanol–water partition coefficient (Wildman–Crippen LogP) is 1.22. The average Bonchev–Trinajstić information content (AvgIpc) is 3.08. The molecule has 1 aromatic heterocycles. The smallest absolute Gasteiger partial charge is 0.289 e. The third-order valence-electron chi connectivity index (χ3n) is 4.35. The van der Waals surface area contributed by atoms with Gasteiger partial charge in [-0.2, -0.15) is 0 Å². The van der Waals surface area contributed by atoms with Crippen molar-refractivity contribution < 1.29 is 14.0 Å². The molecule has 1 atom stereocenters. The summed E-state index contributed by atoms with van der Waals surface area (Å²) in [5.74, 6) is 0.850. The minimum absolute atomic E-state index is 0.208. The van der Waals surface area contributed by atoms with E-state index >= 15 is 0 Å². The van der Waals surface area contributed by atoms with Crippen molar-refractivity contribution in [2.24, 2.45) is 0 Å². The van der Waals surface area contributed by atoms with Crippen molar-refractivity contribution in [2.75, 3.05) is 33.7 Å². The summed E-state index contributed by atoms with van der Waals surface area (Å²) >= 11 is 0. The number of likely N-dealkylation sites (tertiary alicyclic amines) is 1. The minimum atomic E-state index is -0.233. The van der Waals surface area contributed by atoms with Crippen molar-refractivity contribution in [1.29, 1.82) is 0 Å². The van der Waals surface area contributed by atoms with Gasteiger partial charge in [0.25, 0.3) is 5.91 Å². The number of aryl methyl sites for hydroxylation is 2. The molecule has 24 heavy (non-hydrogen) atoms. The summed E-state index contributed by atoms with van der Waals surface area (Å²) < 4.78 is 5.46. The molecule has 7 nitrogen and oxygen atoms in total. The lowest BCUT2D eigenvalue weighted by molar-refractivity contribution is -0.129. The monoisotopic (exact) mass is 336 g/mol. The maximum Gasteiger partial charge on any atom is 0.289 e. The molecule has 0 aromatic carbocycles. The molecule has 0 unspecified atom stereocenters. The number of nitrogens with zero attached hydrogens (tertiary/aromatic N) is 3. The van der Waals surface area contributed by atoms with Crippen molar-refractivity contribution in [2.45, 2.75) is 45.6 Å². The first kappa shape index (κ1) is 18.4. The van der Waals surface area contributed by atoms with Gasteiger partial charge in [-0.15, -0.1) is 0 Å². The van der Waals surface area contributed by atoms with E-state index < -0.39 is 0 Å². The number of nitrogens with one attached hydrogen (secondary N) is 1. The summed E-state index contributed by atoms with van der Waals surface area (Å²) in [6.07, 6.45) is 2.90. The zero-order valence-corrected chi connectivity index (χ0v) is 15.1. The number of aromatic nitrogens is 1. The fraction of sp³-hybridized carbons (Fsp3) is 0.706. The lowest BCUT2D eigenvalue weighted by atomic mass is 10.1. The minimum Gasteiger partial charge on any atom is -0.435 e. The number of rotatable bonds is 8. The van der Waals surface area contributed by atoms with Crippen LogP contribution in [-0.4, -0.2) is 66.4 Å². The lowest BCUT2D eigenvalue weighted by Crippen LogP contribution is -2.40. The molecule has 0 radical (unpaired) electrons. The van der Waals surface area contributed by atoms with Crippen LogP contribution < -0.4 is 5.32 Å². The van der Waals surface area contributed by atoms with Crippen molar-refractivity contribution in [1.82, 2.24) is 20.1 Å². The van der Waals surface area contributed by atoms with Gasteiger partial charge < -0.3 is 19.5 Å². The Kier molecular flexibility index (Phi) is 6.36. The van der Waals surface area contributed by atoms with Crippen LogP contribution >= 0.6 is 0 Å². The van der Waals surface area contributed by atoms with Crippen molar-refractivity contribution in [3.63, 3.8) is 0 Å². The van der Waals surface area contributed by atoms with Gasteiger partial charge in [-0.25, -0.2) is 4.98 Å². The standard InChI is InChI=1S/C17H28N4O3/c1-5-14-19-12(2)16(24-14)17(23)18-9-8-13-6-7-15(22)21(13)11-10-20(3)4/h13H,5-11H2,1-4H3,(H,18,23)/t13-/m0/s1. The highest BCUT2D eigenvalue weighted by molar-refractivity contribution is 5.92. The number of amides is 2. The van der Waals surface area contributed by atoms with Crippen molar-refractivity contribution in [3.05, 3.63) is 17.3 Å². The summed E-state index contributed by atoms with van der Waals surface area (Å²) in [7, 11) is 4.00. The van der Waals surface area contributed by atoms with Gasteiger partial charge in [0, 0.05) is 38.5 Å². The topological polar surface area (TPSA) is 78.7 Å². The highest BCUT2D eigenvalue weighted by Crippen LogP contribution is 2.21. The second kappa shape index (κ2) is 8.28. The molecule has 0 bridgehead atoms. The van der Waals surface area contributed by atoms with Crippen LogP contribution in [-0.2, 0) is 11.2 Å². The zero-order valence-electron chi connectivity index (χ0n) is 15.1. The molecule has 7 heteroatoms.